The molecule has 15 heavy (non-hydrogen) atoms. The summed E-state index contributed by atoms with van der Waals surface area (Å²) in [5, 5.41) is 18.1. The Morgan fingerprint density at radius 1 is 1.13 bits per heavy atom. The van der Waals surface area contributed by atoms with Gasteiger partial charge in [-0.1, -0.05) is 6.07 Å². The summed E-state index contributed by atoms with van der Waals surface area (Å²) in [5.74, 6) is 0. The van der Waals surface area contributed by atoms with E-state index in [2.05, 4.69) is 0 Å². The molecule has 0 fully saturated rings. The van der Waals surface area contributed by atoms with Gasteiger partial charge in [0, 0.05) is 6.26 Å². The van der Waals surface area contributed by atoms with Gasteiger partial charge in [0.1, 0.15) is 0 Å². The maximum absolute atomic E-state index is 11.4. The van der Waals surface area contributed by atoms with Gasteiger partial charge in [-0.2, -0.15) is 0 Å². The molecule has 82 valence electrons. The van der Waals surface area contributed by atoms with E-state index < -0.39 is 17.0 Å². The zero-order valence-electron chi connectivity index (χ0n) is 8.85. The summed E-state index contributed by atoms with van der Waals surface area (Å²) in [7, 11) is -4.83. The van der Waals surface area contributed by atoms with Crippen LogP contribution in [0.4, 0.5) is 0 Å². The van der Waals surface area contributed by atoms with Crippen LogP contribution in [0.1, 0.15) is 11.1 Å². The Labute approximate surface area is 89.6 Å². The van der Waals surface area contributed by atoms with Crippen molar-refractivity contribution in [2.45, 2.75) is 18.7 Å². The first kappa shape index (κ1) is 12.2. The van der Waals surface area contributed by atoms with E-state index in [4.69, 9.17) is 10.0 Å². The topological polar surface area (TPSA) is 74.6 Å². The summed E-state index contributed by atoms with van der Waals surface area (Å²) in [6.45, 7) is 3.32. The highest BCUT2D eigenvalue weighted by Gasteiger charge is 2.19. The molecule has 0 heterocycles. The smallest absolute Gasteiger partial charge is 0.423 e. The number of hydrogen-bond acceptors (Lipinski definition) is 4. The number of sulfone groups is 1. The second-order valence-corrected chi connectivity index (χ2v) is 5.53. The normalized spacial score (nSPS) is 11.5. The summed E-state index contributed by atoms with van der Waals surface area (Å²) in [6, 6.07) is 2.82. The fourth-order valence-electron chi connectivity index (χ4n) is 1.50. The highest BCUT2D eigenvalue weighted by atomic mass is 32.2. The minimum absolute atomic E-state index is 0.226. The maximum Gasteiger partial charge on any atom is 0.488 e. The second kappa shape index (κ2) is 3.96. The van der Waals surface area contributed by atoms with Crippen molar-refractivity contribution in [3.8, 4) is 0 Å². The lowest BCUT2D eigenvalue weighted by Crippen LogP contribution is -2.33. The van der Waals surface area contributed by atoms with E-state index in [0.717, 1.165) is 6.26 Å². The van der Waals surface area contributed by atoms with Crippen LogP contribution in [0.5, 0.6) is 0 Å². The third-order valence-electron chi connectivity index (χ3n) is 2.46. The van der Waals surface area contributed by atoms with Gasteiger partial charge in [-0.3, -0.25) is 0 Å². The van der Waals surface area contributed by atoms with E-state index in [1.54, 1.807) is 13.8 Å². The molecule has 0 saturated carbocycles. The van der Waals surface area contributed by atoms with Gasteiger partial charge in [-0.05, 0) is 36.5 Å². The summed E-state index contributed by atoms with van der Waals surface area (Å²) in [6.07, 6.45) is 1.13. The van der Waals surface area contributed by atoms with E-state index in [9.17, 15) is 8.42 Å². The fourth-order valence-corrected chi connectivity index (χ4v) is 2.52. The van der Waals surface area contributed by atoms with Gasteiger partial charge in [0.05, 0.1) is 4.90 Å². The van der Waals surface area contributed by atoms with Crippen LogP contribution in [0.2, 0.25) is 0 Å². The average Bonchev–Trinajstić information content (AvgIpc) is 2.06. The van der Waals surface area contributed by atoms with Crippen LogP contribution in [0.25, 0.3) is 0 Å². The fraction of sp³-hybridized carbons (Fsp3) is 0.333. The molecule has 0 aliphatic heterocycles. The van der Waals surface area contributed by atoms with Gasteiger partial charge in [0.15, 0.2) is 9.84 Å². The average molecular weight is 228 g/mol. The lowest BCUT2D eigenvalue weighted by molar-refractivity contribution is 0.425. The Hall–Kier alpha value is -0.845. The zero-order chi connectivity index (χ0) is 11.8. The molecule has 0 amide bonds. The first-order valence-corrected chi connectivity index (χ1v) is 6.30. The molecular formula is C9H13BO4S. The third-order valence-corrected chi connectivity index (χ3v) is 3.70. The molecule has 2 N–H and O–H groups in total. The Bertz CT molecular complexity index is 479. The molecule has 0 saturated heterocycles. The molecular weight excluding hydrogens is 215 g/mol. The molecule has 1 rings (SSSR count). The first-order valence-electron chi connectivity index (χ1n) is 4.41. The maximum atomic E-state index is 11.4. The highest BCUT2D eigenvalue weighted by Crippen LogP contribution is 2.16. The van der Waals surface area contributed by atoms with Gasteiger partial charge in [0.25, 0.3) is 0 Å². The van der Waals surface area contributed by atoms with Crippen molar-refractivity contribution < 1.29 is 18.5 Å². The minimum atomic E-state index is -3.26. The van der Waals surface area contributed by atoms with E-state index in [1.165, 1.54) is 12.1 Å². The predicted octanol–water partition coefficient (Wildman–Crippen LogP) is -0.613. The largest absolute Gasteiger partial charge is 0.488 e. The molecule has 0 atom stereocenters. The van der Waals surface area contributed by atoms with Gasteiger partial charge >= 0.3 is 7.12 Å². The number of rotatable bonds is 2. The van der Waals surface area contributed by atoms with Gasteiger partial charge in [0.2, 0.25) is 0 Å². The van der Waals surface area contributed by atoms with Crippen molar-refractivity contribution in [3.63, 3.8) is 0 Å². The Kier molecular flexibility index (Phi) is 3.23. The van der Waals surface area contributed by atoms with E-state index >= 15 is 0 Å². The number of hydrogen-bond donors (Lipinski definition) is 2. The van der Waals surface area contributed by atoms with Crippen LogP contribution in [-0.2, 0) is 9.84 Å². The molecule has 0 spiro atoms. The molecule has 6 heteroatoms. The van der Waals surface area contributed by atoms with Crippen LogP contribution in [-0.4, -0.2) is 31.8 Å². The zero-order valence-corrected chi connectivity index (χ0v) is 9.67. The van der Waals surface area contributed by atoms with Crippen molar-refractivity contribution >= 4 is 22.4 Å². The molecule has 4 nitrogen and oxygen atoms in total. The summed E-state index contributed by atoms with van der Waals surface area (Å²) in [5.41, 5.74) is 1.48. The van der Waals surface area contributed by atoms with Gasteiger partial charge in [-0.15, -0.1) is 0 Å². The van der Waals surface area contributed by atoms with Crippen LogP contribution in [0.3, 0.4) is 0 Å². The summed E-state index contributed by atoms with van der Waals surface area (Å²) in [4.78, 5) is 0.226. The standard InChI is InChI=1S/C9H13BO4S/c1-6-7(2)9(15(3,13)14)5-4-8(6)10(11)12/h4-5,11-12H,1-3H3. The molecule has 0 aromatic heterocycles. The minimum Gasteiger partial charge on any atom is -0.423 e. The Morgan fingerprint density at radius 2 is 1.67 bits per heavy atom. The predicted molar refractivity (Wildman–Crippen MR) is 58.9 cm³/mol. The molecule has 0 aliphatic carbocycles. The van der Waals surface area contributed by atoms with E-state index in [1.807, 2.05) is 0 Å². The van der Waals surface area contributed by atoms with Crippen LogP contribution in [0.15, 0.2) is 17.0 Å². The van der Waals surface area contributed by atoms with Gasteiger partial charge < -0.3 is 10.0 Å². The molecule has 0 aliphatic rings. The first-order chi connectivity index (χ1) is 6.75. The quantitative estimate of drug-likeness (QED) is 0.662. The van der Waals surface area contributed by atoms with Crippen LogP contribution >= 0.6 is 0 Å². The Balaban J connectivity index is 3.48. The van der Waals surface area contributed by atoms with Crippen LogP contribution in [0, 0.1) is 13.8 Å². The van der Waals surface area contributed by atoms with Gasteiger partial charge in [-0.25, -0.2) is 8.42 Å². The lowest BCUT2D eigenvalue weighted by Gasteiger charge is -2.11. The molecule has 1 aromatic rings. The SMILES string of the molecule is Cc1c(B(O)O)ccc(S(C)(=O)=O)c1C. The van der Waals surface area contributed by atoms with E-state index in [-0.39, 0.29) is 4.90 Å². The number of benzene rings is 1. The monoisotopic (exact) mass is 228 g/mol. The molecule has 0 unspecified atom stereocenters. The Morgan fingerprint density at radius 3 is 2.07 bits per heavy atom. The van der Waals surface area contributed by atoms with Crippen molar-refractivity contribution in [2.75, 3.05) is 6.26 Å². The lowest BCUT2D eigenvalue weighted by atomic mass is 9.76. The summed E-state index contributed by atoms with van der Waals surface area (Å²) >= 11 is 0. The van der Waals surface area contributed by atoms with Crippen molar-refractivity contribution in [3.05, 3.63) is 23.3 Å². The second-order valence-electron chi connectivity index (χ2n) is 3.55. The van der Waals surface area contributed by atoms with E-state index in [0.29, 0.717) is 16.6 Å². The van der Waals surface area contributed by atoms with Crippen molar-refractivity contribution in [2.24, 2.45) is 0 Å². The summed E-state index contributed by atoms with van der Waals surface area (Å²) < 4.78 is 22.7. The van der Waals surface area contributed by atoms with Crippen molar-refractivity contribution in [1.82, 2.24) is 0 Å². The van der Waals surface area contributed by atoms with Crippen molar-refractivity contribution in [1.29, 1.82) is 0 Å². The molecule has 0 bridgehead atoms. The third kappa shape index (κ3) is 2.39. The molecule has 0 radical (unpaired) electrons. The molecule has 1 aromatic carbocycles. The van der Waals surface area contributed by atoms with Crippen LogP contribution < -0.4 is 5.46 Å². The highest BCUT2D eigenvalue weighted by molar-refractivity contribution is 7.90.